The summed E-state index contributed by atoms with van der Waals surface area (Å²) in [6.45, 7) is 12.1. The average molecular weight is 445 g/mol. The summed E-state index contributed by atoms with van der Waals surface area (Å²) in [7, 11) is 0. The summed E-state index contributed by atoms with van der Waals surface area (Å²) in [4.78, 5) is 7.86. The minimum absolute atomic E-state index is 0.768. The van der Waals surface area contributed by atoms with Crippen molar-refractivity contribution in [1.29, 1.82) is 0 Å². The molecule has 1 aromatic rings. The summed E-state index contributed by atoms with van der Waals surface area (Å²) in [6.07, 6.45) is 7.02. The fourth-order valence-corrected chi connectivity index (χ4v) is 11.0. The van der Waals surface area contributed by atoms with Crippen LogP contribution in [0.5, 0.6) is 0 Å². The molecule has 3 rings (SSSR count). The Morgan fingerprint density at radius 1 is 1.00 bits per heavy atom. The Bertz CT molecular complexity index is 674. The number of benzene rings is 1. The second-order valence-corrected chi connectivity index (χ2v) is 25.7. The van der Waals surface area contributed by atoms with E-state index in [2.05, 4.69) is 67.6 Å². The first kappa shape index (κ1) is 19.5. The standard InChI is InChI=1S/C21H29.3CH3.Sn/c1-13(2)17-9-6-14(3)12-20(17)19-11-10-18-15(4)7-8-16(5)21(18)19;;;;/h7-8,10-11,13-14,17,20H,6,9,12H2,1-5H3;3*1H3;/t14-,17+,20-;;;;/m1..../s1. The number of allylic oxidation sites excluding steroid dienone is 2. The van der Waals surface area contributed by atoms with Crippen LogP contribution in [0.2, 0.25) is 14.8 Å². The molecule has 1 aromatic carbocycles. The number of fused-ring (bicyclic) bond motifs is 1. The Labute approximate surface area is 160 Å². The Kier molecular flexibility index (Phi) is 5.51. The molecule has 0 spiro atoms. The van der Waals surface area contributed by atoms with Gasteiger partial charge in [-0.25, -0.2) is 0 Å². The van der Waals surface area contributed by atoms with Crippen molar-refractivity contribution in [2.75, 3.05) is 0 Å². The van der Waals surface area contributed by atoms with E-state index in [0.29, 0.717) is 0 Å². The van der Waals surface area contributed by atoms with Crippen molar-refractivity contribution in [1.82, 2.24) is 0 Å². The van der Waals surface area contributed by atoms with Gasteiger partial charge >= 0.3 is 161 Å². The molecule has 2 aliphatic carbocycles. The SMILES string of the molecule is Cc1ccc(C)c2c1C([C@@H]1C[C@H](C)CC[C@H]1C(C)C)=C[C@@H]2[Sn]([CH3])([CH3])[CH3]. The molecule has 0 unspecified atom stereocenters. The molecule has 25 heavy (non-hydrogen) atoms. The summed E-state index contributed by atoms with van der Waals surface area (Å²) in [5.41, 5.74) is 8.19. The van der Waals surface area contributed by atoms with Crippen LogP contribution in [0.15, 0.2) is 18.2 Å². The van der Waals surface area contributed by atoms with E-state index >= 15 is 0 Å². The molecule has 0 saturated heterocycles. The van der Waals surface area contributed by atoms with E-state index in [9.17, 15) is 0 Å². The van der Waals surface area contributed by atoms with Crippen molar-refractivity contribution in [2.24, 2.45) is 23.7 Å². The first-order valence-electron chi connectivity index (χ1n) is 10.4. The van der Waals surface area contributed by atoms with Crippen LogP contribution >= 0.6 is 0 Å². The van der Waals surface area contributed by atoms with Crippen LogP contribution in [-0.4, -0.2) is 18.4 Å². The molecule has 0 nitrogen and oxygen atoms in total. The molecule has 138 valence electrons. The Balaban J connectivity index is 2.14. The van der Waals surface area contributed by atoms with Gasteiger partial charge in [-0.05, 0) is 0 Å². The van der Waals surface area contributed by atoms with E-state index in [4.69, 9.17) is 0 Å². The van der Waals surface area contributed by atoms with Gasteiger partial charge in [0.2, 0.25) is 0 Å². The molecule has 0 heterocycles. The van der Waals surface area contributed by atoms with E-state index in [-0.39, 0.29) is 0 Å². The van der Waals surface area contributed by atoms with Gasteiger partial charge in [-0.3, -0.25) is 0 Å². The zero-order valence-corrected chi connectivity index (χ0v) is 20.6. The van der Waals surface area contributed by atoms with Gasteiger partial charge in [-0.1, -0.05) is 0 Å². The molecular weight excluding hydrogens is 407 g/mol. The molecule has 1 heteroatoms. The summed E-state index contributed by atoms with van der Waals surface area (Å²) in [6, 6.07) is 4.75. The van der Waals surface area contributed by atoms with Crippen LogP contribution in [0.1, 0.15) is 66.2 Å². The van der Waals surface area contributed by atoms with Crippen LogP contribution < -0.4 is 0 Å². The fraction of sp³-hybridized carbons (Fsp3) is 0.667. The predicted molar refractivity (Wildman–Crippen MR) is 115 cm³/mol. The summed E-state index contributed by atoms with van der Waals surface area (Å²) in [5.74, 6) is 3.32. The van der Waals surface area contributed by atoms with Gasteiger partial charge in [-0.2, -0.15) is 0 Å². The van der Waals surface area contributed by atoms with Crippen molar-refractivity contribution in [3.63, 3.8) is 0 Å². The third-order valence-corrected chi connectivity index (χ3v) is 13.6. The van der Waals surface area contributed by atoms with Crippen molar-refractivity contribution in [2.45, 2.75) is 72.6 Å². The molecule has 1 saturated carbocycles. The molecule has 0 radical (unpaired) electrons. The van der Waals surface area contributed by atoms with E-state index in [1.807, 2.05) is 0 Å². The van der Waals surface area contributed by atoms with E-state index in [1.165, 1.54) is 30.4 Å². The van der Waals surface area contributed by atoms with Crippen LogP contribution in [0.4, 0.5) is 0 Å². The Morgan fingerprint density at radius 2 is 1.64 bits per heavy atom. The second kappa shape index (κ2) is 7.06. The number of hydrogen-bond acceptors (Lipinski definition) is 0. The average Bonchev–Trinajstić information content (AvgIpc) is 2.92. The molecule has 0 N–H and O–H groups in total. The Morgan fingerprint density at radius 3 is 2.24 bits per heavy atom. The van der Waals surface area contributed by atoms with Gasteiger partial charge in [0.15, 0.2) is 0 Å². The summed E-state index contributed by atoms with van der Waals surface area (Å²) >= 11 is -2.08. The first-order chi connectivity index (χ1) is 11.6. The van der Waals surface area contributed by atoms with Crippen LogP contribution in [-0.2, 0) is 0 Å². The van der Waals surface area contributed by atoms with Gasteiger partial charge in [0.25, 0.3) is 0 Å². The summed E-state index contributed by atoms with van der Waals surface area (Å²) in [5, 5.41) is 0. The molecule has 1 fully saturated rings. The molecule has 2 aliphatic rings. The molecular formula is C24H38Sn. The van der Waals surface area contributed by atoms with Crippen LogP contribution in [0.3, 0.4) is 0 Å². The third kappa shape index (κ3) is 3.62. The van der Waals surface area contributed by atoms with Crippen molar-refractivity contribution in [3.05, 3.63) is 40.5 Å². The van der Waals surface area contributed by atoms with Crippen molar-refractivity contribution in [3.8, 4) is 0 Å². The van der Waals surface area contributed by atoms with E-state index < -0.39 is 18.4 Å². The number of hydrogen-bond donors (Lipinski definition) is 0. The maximum atomic E-state index is 2.78. The van der Waals surface area contributed by atoms with Crippen LogP contribution in [0, 0.1) is 37.5 Å². The van der Waals surface area contributed by atoms with Gasteiger partial charge < -0.3 is 0 Å². The van der Waals surface area contributed by atoms with Gasteiger partial charge in [0.1, 0.15) is 0 Å². The minimum atomic E-state index is -2.08. The molecule has 0 bridgehead atoms. The zero-order valence-electron chi connectivity index (χ0n) is 17.7. The molecule has 0 aliphatic heterocycles. The van der Waals surface area contributed by atoms with Crippen molar-refractivity contribution >= 4 is 24.0 Å². The fourth-order valence-electron chi connectivity index (χ4n) is 5.51. The third-order valence-electron chi connectivity index (χ3n) is 6.97. The molecule has 0 aromatic heterocycles. The second-order valence-electron chi connectivity index (χ2n) is 10.4. The number of aryl methyl sites for hydroxylation is 2. The van der Waals surface area contributed by atoms with Gasteiger partial charge in [-0.15, -0.1) is 0 Å². The summed E-state index contributed by atoms with van der Waals surface area (Å²) < 4.78 is 0.768. The first-order valence-corrected chi connectivity index (χ1v) is 20.6. The van der Waals surface area contributed by atoms with Crippen molar-refractivity contribution < 1.29 is 0 Å². The van der Waals surface area contributed by atoms with Gasteiger partial charge in [0, 0.05) is 0 Å². The van der Waals surface area contributed by atoms with E-state index in [0.717, 1.165) is 27.6 Å². The van der Waals surface area contributed by atoms with Crippen LogP contribution in [0.25, 0.3) is 5.57 Å². The van der Waals surface area contributed by atoms with Gasteiger partial charge in [0.05, 0.1) is 0 Å². The topological polar surface area (TPSA) is 0 Å². The van der Waals surface area contributed by atoms with E-state index in [1.54, 1.807) is 16.7 Å². The monoisotopic (exact) mass is 446 g/mol. The normalized spacial score (nSPS) is 29.7. The molecule has 0 amide bonds. The maximum absolute atomic E-state index is 2.78. The zero-order chi connectivity index (χ0) is 18.5. The number of rotatable bonds is 3. The Hall–Kier alpha value is -0.241. The predicted octanol–water partition coefficient (Wildman–Crippen LogP) is 7.37. The quantitative estimate of drug-likeness (QED) is 0.426. The molecule has 4 atom stereocenters.